The highest BCUT2D eigenvalue weighted by Gasteiger charge is 2.54. The highest BCUT2D eigenvalue weighted by Crippen LogP contribution is 2.50. The Kier molecular flexibility index (Phi) is 2.12. The average molecular weight is 212 g/mol. The molecule has 80 valence electrons. The molecule has 2 nitrogen and oxygen atoms in total. The first-order valence-electron chi connectivity index (χ1n) is 5.83. The number of nitrogens with zero attached hydrogens (tertiary/aromatic N) is 1. The molecule has 3 fully saturated rings. The lowest BCUT2D eigenvalue weighted by Crippen LogP contribution is -2.57. The molecule has 2 saturated heterocycles. The zero-order chi connectivity index (χ0) is 9.76. The summed E-state index contributed by atoms with van der Waals surface area (Å²) >= 11 is 2.11. The number of piperidine rings is 1. The number of hydrogen-bond acceptors (Lipinski definition) is 3. The number of likely N-dealkylation sites (tertiary alicyclic amines) is 1. The molecule has 3 heteroatoms. The van der Waals surface area contributed by atoms with E-state index in [9.17, 15) is 0 Å². The van der Waals surface area contributed by atoms with E-state index in [1.54, 1.807) is 0 Å². The summed E-state index contributed by atoms with van der Waals surface area (Å²) in [4.78, 5) is 2.72. The summed E-state index contributed by atoms with van der Waals surface area (Å²) in [5.41, 5.74) is 6.40. The van der Waals surface area contributed by atoms with Crippen molar-refractivity contribution >= 4 is 11.8 Å². The van der Waals surface area contributed by atoms with E-state index >= 15 is 0 Å². The van der Waals surface area contributed by atoms with Crippen molar-refractivity contribution in [2.75, 3.05) is 25.4 Å². The first kappa shape index (κ1) is 9.49. The fourth-order valence-corrected chi connectivity index (χ4v) is 4.84. The maximum atomic E-state index is 6.04. The van der Waals surface area contributed by atoms with Gasteiger partial charge in [0.15, 0.2) is 0 Å². The van der Waals surface area contributed by atoms with Crippen LogP contribution in [0.5, 0.6) is 0 Å². The molecule has 2 heterocycles. The molecule has 0 aromatic rings. The van der Waals surface area contributed by atoms with Crippen LogP contribution in [0.1, 0.15) is 19.8 Å². The molecular formula is C11H20N2S. The SMILES string of the molecule is CC1SCCC1(CN)N1CC2CC2C1. The van der Waals surface area contributed by atoms with Gasteiger partial charge in [0.25, 0.3) is 0 Å². The molecule has 2 N–H and O–H groups in total. The first-order chi connectivity index (χ1) is 6.76. The smallest absolute Gasteiger partial charge is 0.0455 e. The lowest BCUT2D eigenvalue weighted by Gasteiger charge is -2.41. The predicted molar refractivity (Wildman–Crippen MR) is 61.5 cm³/mol. The van der Waals surface area contributed by atoms with E-state index in [1.807, 2.05) is 0 Å². The average Bonchev–Trinajstić information content (AvgIpc) is 2.64. The van der Waals surface area contributed by atoms with Gasteiger partial charge in [-0.15, -0.1) is 0 Å². The summed E-state index contributed by atoms with van der Waals surface area (Å²) in [7, 11) is 0. The Morgan fingerprint density at radius 1 is 1.43 bits per heavy atom. The van der Waals surface area contributed by atoms with Crippen molar-refractivity contribution in [3.63, 3.8) is 0 Å². The van der Waals surface area contributed by atoms with Gasteiger partial charge < -0.3 is 5.73 Å². The van der Waals surface area contributed by atoms with Crippen molar-refractivity contribution in [2.24, 2.45) is 17.6 Å². The molecule has 4 atom stereocenters. The summed E-state index contributed by atoms with van der Waals surface area (Å²) in [5.74, 6) is 3.39. The molecule has 3 rings (SSSR count). The van der Waals surface area contributed by atoms with Crippen LogP contribution in [0, 0.1) is 11.8 Å². The predicted octanol–water partition coefficient (Wildman–Crippen LogP) is 1.16. The molecule has 0 spiro atoms. The molecule has 0 radical (unpaired) electrons. The van der Waals surface area contributed by atoms with Crippen LogP contribution < -0.4 is 5.73 Å². The van der Waals surface area contributed by atoms with Gasteiger partial charge in [-0.25, -0.2) is 0 Å². The Balaban J connectivity index is 1.78. The molecule has 0 aromatic carbocycles. The van der Waals surface area contributed by atoms with Crippen molar-refractivity contribution in [2.45, 2.75) is 30.6 Å². The fourth-order valence-electron chi connectivity index (χ4n) is 3.34. The lowest BCUT2D eigenvalue weighted by atomic mass is 9.90. The second-order valence-electron chi connectivity index (χ2n) is 5.23. The van der Waals surface area contributed by atoms with Gasteiger partial charge in [-0.2, -0.15) is 11.8 Å². The van der Waals surface area contributed by atoms with Crippen LogP contribution in [-0.4, -0.2) is 41.1 Å². The summed E-state index contributed by atoms with van der Waals surface area (Å²) in [6.45, 7) is 5.91. The quantitative estimate of drug-likeness (QED) is 0.745. The minimum absolute atomic E-state index is 0.359. The molecule has 4 unspecified atom stereocenters. The minimum atomic E-state index is 0.359. The molecule has 1 aliphatic carbocycles. The van der Waals surface area contributed by atoms with E-state index in [4.69, 9.17) is 5.73 Å². The van der Waals surface area contributed by atoms with Crippen molar-refractivity contribution < 1.29 is 0 Å². The van der Waals surface area contributed by atoms with E-state index in [-0.39, 0.29) is 0 Å². The normalized spacial score (nSPS) is 52.3. The van der Waals surface area contributed by atoms with E-state index in [2.05, 4.69) is 23.6 Å². The van der Waals surface area contributed by atoms with Crippen LogP contribution >= 0.6 is 11.8 Å². The fraction of sp³-hybridized carbons (Fsp3) is 1.00. The van der Waals surface area contributed by atoms with Gasteiger partial charge in [0, 0.05) is 30.4 Å². The number of hydrogen-bond donors (Lipinski definition) is 1. The Morgan fingerprint density at radius 3 is 2.64 bits per heavy atom. The van der Waals surface area contributed by atoms with Gasteiger partial charge in [0.2, 0.25) is 0 Å². The molecule has 0 amide bonds. The van der Waals surface area contributed by atoms with Gasteiger partial charge in [-0.05, 0) is 30.4 Å². The summed E-state index contributed by atoms with van der Waals surface area (Å²) in [6, 6.07) is 0. The Labute approximate surface area is 90.6 Å². The molecular weight excluding hydrogens is 192 g/mol. The lowest BCUT2D eigenvalue weighted by molar-refractivity contribution is 0.113. The standard InChI is InChI=1S/C11H20N2S/c1-8-11(7-12,2-3-14-8)13-5-9-4-10(9)6-13/h8-10H,2-7,12H2,1H3. The third kappa shape index (κ3) is 1.18. The van der Waals surface area contributed by atoms with E-state index < -0.39 is 0 Å². The van der Waals surface area contributed by atoms with Gasteiger partial charge in [-0.3, -0.25) is 4.90 Å². The topological polar surface area (TPSA) is 29.3 Å². The zero-order valence-electron chi connectivity index (χ0n) is 8.91. The third-order valence-electron chi connectivity index (χ3n) is 4.62. The first-order valence-corrected chi connectivity index (χ1v) is 6.88. The van der Waals surface area contributed by atoms with Crippen LogP contribution in [0.4, 0.5) is 0 Å². The van der Waals surface area contributed by atoms with Crippen molar-refractivity contribution in [1.29, 1.82) is 0 Å². The summed E-state index contributed by atoms with van der Waals surface area (Å²) in [5, 5.41) is 0.741. The number of fused-ring (bicyclic) bond motifs is 1. The van der Waals surface area contributed by atoms with Gasteiger partial charge in [-0.1, -0.05) is 6.92 Å². The number of nitrogens with two attached hydrogens (primary N) is 1. The molecule has 0 bridgehead atoms. The second-order valence-corrected chi connectivity index (χ2v) is 6.68. The Hall–Kier alpha value is 0.270. The van der Waals surface area contributed by atoms with Crippen LogP contribution in [0.15, 0.2) is 0 Å². The number of rotatable bonds is 2. The van der Waals surface area contributed by atoms with E-state index in [1.165, 1.54) is 31.7 Å². The molecule has 1 saturated carbocycles. The van der Waals surface area contributed by atoms with E-state index in [0.29, 0.717) is 5.54 Å². The summed E-state index contributed by atoms with van der Waals surface area (Å²) in [6.07, 6.45) is 2.81. The minimum Gasteiger partial charge on any atom is -0.329 e. The van der Waals surface area contributed by atoms with Crippen LogP contribution in [0.2, 0.25) is 0 Å². The monoisotopic (exact) mass is 212 g/mol. The Morgan fingerprint density at radius 2 is 2.14 bits per heavy atom. The van der Waals surface area contributed by atoms with Gasteiger partial charge in [0.1, 0.15) is 0 Å². The number of thioether (sulfide) groups is 1. The van der Waals surface area contributed by atoms with Gasteiger partial charge >= 0.3 is 0 Å². The maximum absolute atomic E-state index is 6.04. The molecule has 0 aromatic heterocycles. The van der Waals surface area contributed by atoms with Crippen LogP contribution in [-0.2, 0) is 0 Å². The van der Waals surface area contributed by atoms with Crippen molar-refractivity contribution in [3.05, 3.63) is 0 Å². The van der Waals surface area contributed by atoms with Crippen molar-refractivity contribution in [1.82, 2.24) is 4.90 Å². The highest BCUT2D eigenvalue weighted by molar-refractivity contribution is 8.00. The van der Waals surface area contributed by atoms with Crippen LogP contribution in [0.25, 0.3) is 0 Å². The largest absolute Gasteiger partial charge is 0.329 e. The molecule has 14 heavy (non-hydrogen) atoms. The van der Waals surface area contributed by atoms with Crippen molar-refractivity contribution in [3.8, 4) is 0 Å². The molecule has 3 aliphatic rings. The highest BCUT2D eigenvalue weighted by atomic mass is 32.2. The maximum Gasteiger partial charge on any atom is 0.0455 e. The zero-order valence-corrected chi connectivity index (χ0v) is 9.72. The van der Waals surface area contributed by atoms with Crippen LogP contribution in [0.3, 0.4) is 0 Å². The molecule has 2 aliphatic heterocycles. The summed E-state index contributed by atoms with van der Waals surface area (Å²) < 4.78 is 0. The van der Waals surface area contributed by atoms with E-state index in [0.717, 1.165) is 23.6 Å². The second kappa shape index (κ2) is 3.13. The Bertz CT molecular complexity index is 235. The third-order valence-corrected chi connectivity index (χ3v) is 6.00. The van der Waals surface area contributed by atoms with Gasteiger partial charge in [0.05, 0.1) is 0 Å².